The number of carbonyl (C=O) groups is 2. The Morgan fingerprint density at radius 3 is 2.44 bits per heavy atom. The first-order chi connectivity index (χ1) is 12.8. The summed E-state index contributed by atoms with van der Waals surface area (Å²) in [4.78, 5) is 24.9. The van der Waals surface area contributed by atoms with Crippen LogP contribution in [0.2, 0.25) is 0 Å². The fourth-order valence-corrected chi connectivity index (χ4v) is 3.25. The normalized spacial score (nSPS) is 15.7. The predicted molar refractivity (Wildman–Crippen MR) is 89.2 cm³/mol. The van der Waals surface area contributed by atoms with Gasteiger partial charge in [0.2, 0.25) is 5.91 Å². The van der Waals surface area contributed by atoms with Crippen molar-refractivity contribution < 1.29 is 27.9 Å². The molecule has 2 aromatic rings. The lowest BCUT2D eigenvalue weighted by Gasteiger charge is -2.32. The third-order valence-corrected chi connectivity index (χ3v) is 4.70. The SMILES string of the molecule is O=C(O)c1cnn(C2CCN(C(=O)Cc3ccccc3C(F)(F)F)CC2)c1. The summed E-state index contributed by atoms with van der Waals surface area (Å²) in [6.07, 6.45) is -0.949. The zero-order valence-electron chi connectivity index (χ0n) is 14.3. The summed E-state index contributed by atoms with van der Waals surface area (Å²) >= 11 is 0. The molecule has 1 saturated heterocycles. The number of piperidine rings is 1. The van der Waals surface area contributed by atoms with Crippen LogP contribution in [-0.2, 0) is 17.4 Å². The maximum Gasteiger partial charge on any atom is 0.416 e. The molecule has 1 N–H and O–H groups in total. The standard InChI is InChI=1S/C18H18F3N3O3/c19-18(20,21)15-4-2-1-3-12(15)9-16(25)23-7-5-14(6-8-23)24-11-13(10-22-24)17(26)27/h1-4,10-11,14H,5-9H2,(H,26,27). The summed E-state index contributed by atoms with van der Waals surface area (Å²) in [5, 5.41) is 13.0. The number of aromatic carboxylic acids is 1. The number of carboxylic acids is 1. The topological polar surface area (TPSA) is 75.4 Å². The van der Waals surface area contributed by atoms with Gasteiger partial charge in [0.1, 0.15) is 0 Å². The van der Waals surface area contributed by atoms with Gasteiger partial charge in [0.15, 0.2) is 0 Å². The van der Waals surface area contributed by atoms with E-state index >= 15 is 0 Å². The summed E-state index contributed by atoms with van der Waals surface area (Å²) in [7, 11) is 0. The molecule has 2 heterocycles. The number of benzene rings is 1. The molecule has 0 bridgehead atoms. The number of aromatic nitrogens is 2. The molecule has 1 aliphatic rings. The average Bonchev–Trinajstić information content (AvgIpc) is 3.12. The van der Waals surface area contributed by atoms with Gasteiger partial charge in [0, 0.05) is 19.3 Å². The highest BCUT2D eigenvalue weighted by Crippen LogP contribution is 2.32. The first kappa shape index (κ1) is 18.9. The van der Waals surface area contributed by atoms with E-state index in [1.165, 1.54) is 30.6 Å². The first-order valence-corrected chi connectivity index (χ1v) is 8.46. The largest absolute Gasteiger partial charge is 0.478 e. The number of halogens is 3. The molecule has 3 rings (SSSR count). The van der Waals surface area contributed by atoms with Crippen molar-refractivity contribution in [2.24, 2.45) is 0 Å². The molecule has 6 nitrogen and oxygen atoms in total. The van der Waals surface area contributed by atoms with Gasteiger partial charge in [-0.25, -0.2) is 4.79 Å². The number of amides is 1. The van der Waals surface area contributed by atoms with Gasteiger partial charge in [-0.05, 0) is 24.5 Å². The van der Waals surface area contributed by atoms with Crippen LogP contribution in [0, 0.1) is 0 Å². The lowest BCUT2D eigenvalue weighted by Crippen LogP contribution is -2.40. The summed E-state index contributed by atoms with van der Waals surface area (Å²) in [6.45, 7) is 0.778. The molecule has 1 aliphatic heterocycles. The van der Waals surface area contributed by atoms with Crippen molar-refractivity contribution in [3.05, 3.63) is 53.3 Å². The van der Waals surface area contributed by atoms with E-state index < -0.39 is 17.7 Å². The summed E-state index contributed by atoms with van der Waals surface area (Å²) < 4.78 is 40.8. The van der Waals surface area contributed by atoms with Crippen LogP contribution in [0.3, 0.4) is 0 Å². The van der Waals surface area contributed by atoms with Crippen molar-refractivity contribution in [2.45, 2.75) is 31.5 Å². The highest BCUT2D eigenvalue weighted by Gasteiger charge is 2.34. The molecule has 1 aromatic carbocycles. The van der Waals surface area contributed by atoms with E-state index in [-0.39, 0.29) is 29.5 Å². The van der Waals surface area contributed by atoms with Crippen LogP contribution in [-0.4, -0.2) is 44.8 Å². The highest BCUT2D eigenvalue weighted by atomic mass is 19.4. The molecular weight excluding hydrogens is 363 g/mol. The third kappa shape index (κ3) is 4.29. The first-order valence-electron chi connectivity index (χ1n) is 8.46. The van der Waals surface area contributed by atoms with Gasteiger partial charge in [-0.15, -0.1) is 0 Å². The van der Waals surface area contributed by atoms with Crippen LogP contribution < -0.4 is 0 Å². The number of carbonyl (C=O) groups excluding carboxylic acids is 1. The van der Waals surface area contributed by atoms with Crippen molar-refractivity contribution >= 4 is 11.9 Å². The van der Waals surface area contributed by atoms with E-state index in [4.69, 9.17) is 5.11 Å². The molecule has 0 saturated carbocycles. The Kier molecular flexibility index (Phi) is 5.20. The molecule has 0 unspecified atom stereocenters. The molecule has 1 amide bonds. The van der Waals surface area contributed by atoms with Crippen LogP contribution in [0.25, 0.3) is 0 Å². The van der Waals surface area contributed by atoms with Gasteiger partial charge in [0.25, 0.3) is 0 Å². The Balaban J connectivity index is 1.61. The van der Waals surface area contributed by atoms with E-state index in [0.29, 0.717) is 25.9 Å². The number of carboxylic acid groups (broad SMARTS) is 1. The van der Waals surface area contributed by atoms with Crippen LogP contribution in [0.5, 0.6) is 0 Å². The Hall–Kier alpha value is -2.84. The van der Waals surface area contributed by atoms with Crippen molar-refractivity contribution in [1.29, 1.82) is 0 Å². The fourth-order valence-electron chi connectivity index (χ4n) is 3.25. The number of rotatable bonds is 4. The van der Waals surface area contributed by atoms with E-state index in [2.05, 4.69) is 5.10 Å². The lowest BCUT2D eigenvalue weighted by atomic mass is 10.0. The second-order valence-corrected chi connectivity index (χ2v) is 6.46. The van der Waals surface area contributed by atoms with E-state index in [0.717, 1.165) is 6.07 Å². The monoisotopic (exact) mass is 381 g/mol. The molecule has 0 spiro atoms. The Labute approximate surface area is 153 Å². The van der Waals surface area contributed by atoms with Crippen molar-refractivity contribution in [1.82, 2.24) is 14.7 Å². The quantitative estimate of drug-likeness (QED) is 0.884. The number of likely N-dealkylation sites (tertiary alicyclic amines) is 1. The fraction of sp³-hybridized carbons (Fsp3) is 0.389. The van der Waals surface area contributed by atoms with Gasteiger partial charge < -0.3 is 10.0 Å². The molecule has 0 aliphatic carbocycles. The van der Waals surface area contributed by atoms with E-state index in [1.807, 2.05) is 0 Å². The summed E-state index contributed by atoms with van der Waals surface area (Å²) in [6, 6.07) is 5.06. The minimum Gasteiger partial charge on any atom is -0.478 e. The zero-order valence-corrected chi connectivity index (χ0v) is 14.3. The van der Waals surface area contributed by atoms with E-state index in [1.54, 1.807) is 9.58 Å². The van der Waals surface area contributed by atoms with Crippen LogP contribution in [0.15, 0.2) is 36.7 Å². The molecule has 0 radical (unpaired) electrons. The van der Waals surface area contributed by atoms with Crippen LogP contribution in [0.1, 0.15) is 40.4 Å². The molecule has 1 aromatic heterocycles. The second kappa shape index (κ2) is 7.42. The van der Waals surface area contributed by atoms with Crippen LogP contribution in [0.4, 0.5) is 13.2 Å². The second-order valence-electron chi connectivity index (χ2n) is 6.46. The van der Waals surface area contributed by atoms with Gasteiger partial charge in [0.05, 0.1) is 29.8 Å². The Morgan fingerprint density at radius 1 is 1.19 bits per heavy atom. The zero-order chi connectivity index (χ0) is 19.6. The maximum absolute atomic E-state index is 13.1. The Morgan fingerprint density at radius 2 is 1.85 bits per heavy atom. The van der Waals surface area contributed by atoms with Gasteiger partial charge in [-0.1, -0.05) is 18.2 Å². The molecule has 144 valence electrons. The van der Waals surface area contributed by atoms with Gasteiger partial charge in [-0.3, -0.25) is 9.48 Å². The number of nitrogens with zero attached hydrogens (tertiary/aromatic N) is 3. The van der Waals surface area contributed by atoms with Gasteiger partial charge >= 0.3 is 12.1 Å². The molecule has 9 heteroatoms. The van der Waals surface area contributed by atoms with E-state index in [9.17, 15) is 22.8 Å². The molecular formula is C18H18F3N3O3. The average molecular weight is 381 g/mol. The molecule has 1 fully saturated rings. The van der Waals surface area contributed by atoms with Crippen molar-refractivity contribution in [3.8, 4) is 0 Å². The predicted octanol–water partition coefficient (Wildman–Crippen LogP) is 3.01. The summed E-state index contributed by atoms with van der Waals surface area (Å²) in [5.41, 5.74) is -0.724. The number of alkyl halides is 3. The third-order valence-electron chi connectivity index (χ3n) is 4.70. The minimum atomic E-state index is -4.49. The van der Waals surface area contributed by atoms with Crippen molar-refractivity contribution in [2.75, 3.05) is 13.1 Å². The molecule has 27 heavy (non-hydrogen) atoms. The summed E-state index contributed by atoms with van der Waals surface area (Å²) in [5.74, 6) is -1.41. The Bertz CT molecular complexity index is 840. The number of hydrogen-bond donors (Lipinski definition) is 1. The highest BCUT2D eigenvalue weighted by molar-refractivity contribution is 5.86. The maximum atomic E-state index is 13.1. The lowest BCUT2D eigenvalue weighted by molar-refractivity contribution is -0.138. The van der Waals surface area contributed by atoms with Crippen molar-refractivity contribution in [3.63, 3.8) is 0 Å². The minimum absolute atomic E-state index is 0.0321. The molecule has 0 atom stereocenters. The van der Waals surface area contributed by atoms with Gasteiger partial charge in [-0.2, -0.15) is 18.3 Å². The van der Waals surface area contributed by atoms with Crippen LogP contribution >= 0.6 is 0 Å². The smallest absolute Gasteiger partial charge is 0.416 e. The number of hydrogen-bond acceptors (Lipinski definition) is 3.